The van der Waals surface area contributed by atoms with E-state index in [2.05, 4.69) is 5.90 Å². The standard InChI is InChI=1S/C4H4O4.H3NO/c5-3(6)1-2-4(7)8;1-2/h1-2H,(H,5,6)(H,7,8);2H,1H2/b2-1-;. The number of hydrogen-bond donors (Lipinski definition) is 4. The van der Waals surface area contributed by atoms with E-state index in [1.165, 1.54) is 0 Å². The number of carboxylic acid groups (broad SMARTS) is 2. The molecule has 0 aromatic rings. The van der Waals surface area contributed by atoms with Gasteiger partial charge in [0.2, 0.25) is 0 Å². The van der Waals surface area contributed by atoms with E-state index in [1.54, 1.807) is 0 Å². The fraction of sp³-hybridized carbons (Fsp3) is 0. The topological polar surface area (TPSA) is 121 Å². The summed E-state index contributed by atoms with van der Waals surface area (Å²) in [5, 5.41) is 22.1. The van der Waals surface area contributed by atoms with Crippen molar-refractivity contribution < 1.29 is 25.0 Å². The minimum Gasteiger partial charge on any atom is -0.478 e. The molecule has 0 amide bonds. The van der Waals surface area contributed by atoms with E-state index in [1.807, 2.05) is 0 Å². The van der Waals surface area contributed by atoms with Crippen LogP contribution in [-0.2, 0) is 9.59 Å². The van der Waals surface area contributed by atoms with Crippen LogP contribution in [0, 0.1) is 0 Å². The largest absolute Gasteiger partial charge is 0.478 e. The molecule has 6 nitrogen and oxygen atoms in total. The Morgan fingerprint density at radius 3 is 1.30 bits per heavy atom. The van der Waals surface area contributed by atoms with Crippen LogP contribution in [0.25, 0.3) is 0 Å². The zero-order valence-corrected chi connectivity index (χ0v) is 4.89. The molecule has 0 unspecified atom stereocenters. The second kappa shape index (κ2) is 7.60. The lowest BCUT2D eigenvalue weighted by atomic mass is 10.5. The Balaban J connectivity index is 0. The first-order valence-electron chi connectivity index (χ1n) is 2.02. The van der Waals surface area contributed by atoms with Crippen LogP contribution in [0.2, 0.25) is 0 Å². The van der Waals surface area contributed by atoms with Crippen molar-refractivity contribution in [1.29, 1.82) is 0 Å². The van der Waals surface area contributed by atoms with Crippen molar-refractivity contribution in [2.24, 2.45) is 5.90 Å². The van der Waals surface area contributed by atoms with Gasteiger partial charge in [-0.3, -0.25) is 0 Å². The molecule has 0 aliphatic heterocycles. The second-order valence-corrected chi connectivity index (χ2v) is 1.01. The third kappa shape index (κ3) is 16.0. The van der Waals surface area contributed by atoms with E-state index in [-0.39, 0.29) is 0 Å². The fourth-order valence-electron chi connectivity index (χ4n) is 0.143. The summed E-state index contributed by atoms with van der Waals surface area (Å²) in [6.45, 7) is 0. The zero-order valence-electron chi connectivity index (χ0n) is 4.89. The van der Waals surface area contributed by atoms with Crippen LogP contribution in [0.5, 0.6) is 0 Å². The van der Waals surface area contributed by atoms with Gasteiger partial charge in [-0.15, -0.1) is 0 Å². The van der Waals surface area contributed by atoms with Gasteiger partial charge in [0.15, 0.2) is 0 Å². The first-order chi connectivity index (χ1) is 4.63. The molecule has 0 saturated heterocycles. The van der Waals surface area contributed by atoms with Gasteiger partial charge >= 0.3 is 11.9 Å². The molecule has 10 heavy (non-hydrogen) atoms. The van der Waals surface area contributed by atoms with Crippen LogP contribution < -0.4 is 5.90 Å². The van der Waals surface area contributed by atoms with Crippen LogP contribution in [0.4, 0.5) is 0 Å². The summed E-state index contributed by atoms with van der Waals surface area (Å²) in [4.78, 5) is 19.1. The molecular formula is C4H7NO5. The molecule has 0 aliphatic carbocycles. The molecule has 5 N–H and O–H groups in total. The van der Waals surface area contributed by atoms with E-state index in [0.29, 0.717) is 12.2 Å². The number of hydrogen-bond acceptors (Lipinski definition) is 4. The van der Waals surface area contributed by atoms with Gasteiger partial charge in [0.25, 0.3) is 0 Å². The lowest BCUT2D eigenvalue weighted by Crippen LogP contribution is -1.91. The Kier molecular flexibility index (Phi) is 8.67. The molecule has 0 saturated carbocycles. The molecule has 0 aliphatic rings. The van der Waals surface area contributed by atoms with Crippen LogP contribution in [0.1, 0.15) is 0 Å². The van der Waals surface area contributed by atoms with Gasteiger partial charge in [0, 0.05) is 12.2 Å². The molecule has 0 aromatic carbocycles. The molecule has 0 bridgehead atoms. The highest BCUT2D eigenvalue weighted by molar-refractivity contribution is 5.89. The summed E-state index contributed by atoms with van der Waals surface area (Å²) in [5.41, 5.74) is 0. The minimum atomic E-state index is -1.26. The van der Waals surface area contributed by atoms with Gasteiger partial charge in [-0.2, -0.15) is 0 Å². The van der Waals surface area contributed by atoms with Gasteiger partial charge in [-0.25, -0.2) is 15.5 Å². The molecule has 0 heterocycles. The molecule has 0 rings (SSSR count). The molecular weight excluding hydrogens is 142 g/mol. The molecule has 6 heteroatoms. The van der Waals surface area contributed by atoms with E-state index >= 15 is 0 Å². The molecule has 0 spiro atoms. The molecule has 0 aromatic heterocycles. The van der Waals surface area contributed by atoms with Crippen LogP contribution in [0.15, 0.2) is 12.2 Å². The second-order valence-electron chi connectivity index (χ2n) is 1.01. The van der Waals surface area contributed by atoms with E-state index in [4.69, 9.17) is 15.4 Å². The Hall–Kier alpha value is -1.40. The summed E-state index contributed by atoms with van der Waals surface area (Å²) >= 11 is 0. The molecule has 58 valence electrons. The highest BCUT2D eigenvalue weighted by Gasteiger charge is 1.88. The van der Waals surface area contributed by atoms with Gasteiger partial charge < -0.3 is 15.4 Å². The van der Waals surface area contributed by atoms with Crippen molar-refractivity contribution in [3.05, 3.63) is 12.2 Å². The van der Waals surface area contributed by atoms with Gasteiger partial charge in [0.05, 0.1) is 0 Å². The number of rotatable bonds is 2. The fourth-order valence-corrected chi connectivity index (χ4v) is 0.143. The van der Waals surface area contributed by atoms with Crippen LogP contribution in [-0.4, -0.2) is 27.4 Å². The summed E-state index contributed by atoms with van der Waals surface area (Å²) in [5.74, 6) is 0.986. The van der Waals surface area contributed by atoms with Gasteiger partial charge in [-0.1, -0.05) is 0 Å². The third-order valence-corrected chi connectivity index (χ3v) is 0.368. The average molecular weight is 149 g/mol. The number of aliphatic carboxylic acids is 2. The van der Waals surface area contributed by atoms with Crippen molar-refractivity contribution in [3.8, 4) is 0 Å². The maximum Gasteiger partial charge on any atom is 0.328 e. The third-order valence-electron chi connectivity index (χ3n) is 0.368. The first-order valence-corrected chi connectivity index (χ1v) is 2.02. The van der Waals surface area contributed by atoms with E-state index in [9.17, 15) is 9.59 Å². The lowest BCUT2D eigenvalue weighted by Gasteiger charge is -1.74. The first kappa shape index (κ1) is 11.4. The lowest BCUT2D eigenvalue weighted by molar-refractivity contribution is -0.134. The summed E-state index contributed by atoms with van der Waals surface area (Å²) in [7, 11) is 0. The highest BCUT2D eigenvalue weighted by atomic mass is 16.4. The minimum absolute atomic E-state index is 0.558. The average Bonchev–Trinajstić information content (AvgIpc) is 1.89. The quantitative estimate of drug-likeness (QED) is 0.296. The molecule has 0 radical (unpaired) electrons. The summed E-state index contributed by atoms with van der Waals surface area (Å²) < 4.78 is 0. The van der Waals surface area contributed by atoms with Crippen molar-refractivity contribution >= 4 is 11.9 Å². The number of carbonyl (C=O) groups is 2. The molecule has 0 atom stereocenters. The smallest absolute Gasteiger partial charge is 0.328 e. The Labute approximate surface area is 56.1 Å². The highest BCUT2D eigenvalue weighted by Crippen LogP contribution is 1.70. The SMILES string of the molecule is NO.O=C(O)/C=C\C(=O)O. The van der Waals surface area contributed by atoms with E-state index in [0.717, 1.165) is 0 Å². The summed E-state index contributed by atoms with van der Waals surface area (Å²) in [6, 6.07) is 0. The van der Waals surface area contributed by atoms with Crippen molar-refractivity contribution in [3.63, 3.8) is 0 Å². The molecule has 0 fully saturated rings. The number of nitrogens with two attached hydrogens (primary N) is 1. The van der Waals surface area contributed by atoms with Crippen molar-refractivity contribution in [2.45, 2.75) is 0 Å². The summed E-state index contributed by atoms with van der Waals surface area (Å²) in [6.07, 6.45) is 1.12. The maximum absolute atomic E-state index is 9.55. The Morgan fingerprint density at radius 2 is 1.20 bits per heavy atom. The van der Waals surface area contributed by atoms with Gasteiger partial charge in [-0.05, 0) is 0 Å². The predicted octanol–water partition coefficient (Wildman–Crippen LogP) is -0.954. The van der Waals surface area contributed by atoms with Gasteiger partial charge in [0.1, 0.15) is 0 Å². The number of carboxylic acids is 2. The Morgan fingerprint density at radius 1 is 1.00 bits per heavy atom. The van der Waals surface area contributed by atoms with E-state index < -0.39 is 11.9 Å². The van der Waals surface area contributed by atoms with Crippen LogP contribution >= 0.6 is 0 Å². The zero-order chi connectivity index (χ0) is 8.57. The van der Waals surface area contributed by atoms with Crippen molar-refractivity contribution in [1.82, 2.24) is 0 Å². The monoisotopic (exact) mass is 149 g/mol. The maximum atomic E-state index is 9.55. The normalized spacial score (nSPS) is 8.20. The van der Waals surface area contributed by atoms with Crippen LogP contribution in [0.3, 0.4) is 0 Å². The predicted molar refractivity (Wildman–Crippen MR) is 30.4 cm³/mol. The van der Waals surface area contributed by atoms with Crippen molar-refractivity contribution in [2.75, 3.05) is 0 Å². The Bertz CT molecular complexity index is 125.